The molecule has 1 unspecified atom stereocenters. The van der Waals surface area contributed by atoms with Crippen molar-refractivity contribution in [2.45, 2.75) is 19.4 Å². The first-order valence-corrected chi connectivity index (χ1v) is 8.67. The standard InChI is InChI=1S/C18H29N5/c1-15(22-12-10-21(3)11-13-22)14-20-18(19-2)23-9-8-16-6-4-5-7-17(16)23/h4-7,15H,8-14H2,1-3H3,(H,19,20). The largest absolute Gasteiger partial charge is 0.354 e. The van der Waals surface area contributed by atoms with Gasteiger partial charge in [0.05, 0.1) is 0 Å². The maximum absolute atomic E-state index is 4.50. The van der Waals surface area contributed by atoms with Crippen LogP contribution < -0.4 is 10.2 Å². The summed E-state index contributed by atoms with van der Waals surface area (Å²) in [6.07, 6.45) is 1.10. The Labute approximate surface area is 140 Å². The number of fused-ring (bicyclic) bond motifs is 1. The first-order chi connectivity index (χ1) is 11.2. The highest BCUT2D eigenvalue weighted by atomic mass is 15.3. The third-order valence-electron chi connectivity index (χ3n) is 5.07. The predicted octanol–water partition coefficient (Wildman–Crippen LogP) is 1.26. The molecule has 0 aromatic heterocycles. The van der Waals surface area contributed by atoms with Crippen LogP contribution in [0.3, 0.4) is 0 Å². The summed E-state index contributed by atoms with van der Waals surface area (Å²) in [4.78, 5) is 11.8. The van der Waals surface area contributed by atoms with Gasteiger partial charge in [0, 0.05) is 58.0 Å². The van der Waals surface area contributed by atoms with Crippen molar-refractivity contribution in [3.8, 4) is 0 Å². The number of aliphatic imine (C=N–C) groups is 1. The SMILES string of the molecule is CN=C(NCC(C)N1CCN(C)CC1)N1CCc2ccccc21. The van der Waals surface area contributed by atoms with Gasteiger partial charge in [-0.3, -0.25) is 9.89 Å². The number of para-hydroxylation sites is 1. The summed E-state index contributed by atoms with van der Waals surface area (Å²) in [5.41, 5.74) is 2.72. The summed E-state index contributed by atoms with van der Waals surface area (Å²) in [6.45, 7) is 8.91. The molecule has 3 rings (SSSR count). The fourth-order valence-corrected chi connectivity index (χ4v) is 3.48. The zero-order valence-electron chi connectivity index (χ0n) is 14.6. The second-order valence-corrected chi connectivity index (χ2v) is 6.65. The highest BCUT2D eigenvalue weighted by Gasteiger charge is 2.24. The molecular formula is C18H29N5. The van der Waals surface area contributed by atoms with E-state index in [1.165, 1.54) is 24.3 Å². The van der Waals surface area contributed by atoms with Gasteiger partial charge in [-0.15, -0.1) is 0 Å². The van der Waals surface area contributed by atoms with Gasteiger partial charge in [-0.1, -0.05) is 18.2 Å². The smallest absolute Gasteiger partial charge is 0.198 e. The van der Waals surface area contributed by atoms with Crippen LogP contribution in [0.25, 0.3) is 0 Å². The van der Waals surface area contributed by atoms with Gasteiger partial charge in [-0.2, -0.15) is 0 Å². The summed E-state index contributed by atoms with van der Waals surface area (Å²) in [7, 11) is 4.08. The van der Waals surface area contributed by atoms with E-state index in [0.717, 1.165) is 38.6 Å². The van der Waals surface area contributed by atoms with Crippen molar-refractivity contribution in [2.24, 2.45) is 4.99 Å². The van der Waals surface area contributed by atoms with E-state index in [2.05, 4.69) is 63.2 Å². The van der Waals surface area contributed by atoms with Crippen LogP contribution in [0.1, 0.15) is 12.5 Å². The molecule has 2 aliphatic heterocycles. The number of rotatable bonds is 3. The molecule has 2 heterocycles. The van der Waals surface area contributed by atoms with E-state index in [9.17, 15) is 0 Å². The second-order valence-electron chi connectivity index (χ2n) is 6.65. The van der Waals surface area contributed by atoms with Crippen molar-refractivity contribution in [1.29, 1.82) is 0 Å². The molecule has 0 bridgehead atoms. The number of likely N-dealkylation sites (N-methyl/N-ethyl adjacent to an activating group) is 1. The predicted molar refractivity (Wildman–Crippen MR) is 97.4 cm³/mol. The van der Waals surface area contributed by atoms with Crippen molar-refractivity contribution in [1.82, 2.24) is 15.1 Å². The maximum Gasteiger partial charge on any atom is 0.198 e. The van der Waals surface area contributed by atoms with Crippen LogP contribution in [0.5, 0.6) is 0 Å². The number of guanidine groups is 1. The van der Waals surface area contributed by atoms with Gasteiger partial charge in [0.1, 0.15) is 0 Å². The number of nitrogens with one attached hydrogen (secondary N) is 1. The Kier molecular flexibility index (Phi) is 5.18. The van der Waals surface area contributed by atoms with Gasteiger partial charge >= 0.3 is 0 Å². The molecule has 1 aromatic rings. The molecule has 1 saturated heterocycles. The number of hydrogen-bond donors (Lipinski definition) is 1. The first-order valence-electron chi connectivity index (χ1n) is 8.67. The minimum atomic E-state index is 0.526. The van der Waals surface area contributed by atoms with Crippen LogP contribution in [0, 0.1) is 0 Å². The third-order valence-corrected chi connectivity index (χ3v) is 5.07. The topological polar surface area (TPSA) is 34.1 Å². The lowest BCUT2D eigenvalue weighted by Crippen LogP contribution is -2.52. The van der Waals surface area contributed by atoms with Gasteiger partial charge in [0.15, 0.2) is 5.96 Å². The summed E-state index contributed by atoms with van der Waals surface area (Å²) < 4.78 is 0. The minimum Gasteiger partial charge on any atom is -0.354 e. The zero-order chi connectivity index (χ0) is 16.2. The van der Waals surface area contributed by atoms with E-state index in [4.69, 9.17) is 0 Å². The van der Waals surface area contributed by atoms with E-state index in [1.807, 2.05) is 7.05 Å². The van der Waals surface area contributed by atoms with Crippen molar-refractivity contribution < 1.29 is 0 Å². The molecule has 0 aliphatic carbocycles. The molecule has 0 spiro atoms. The average Bonchev–Trinajstić information content (AvgIpc) is 3.00. The number of nitrogens with zero attached hydrogens (tertiary/aromatic N) is 4. The molecule has 1 atom stereocenters. The molecule has 5 heteroatoms. The Hall–Kier alpha value is -1.59. The van der Waals surface area contributed by atoms with Crippen molar-refractivity contribution in [3.05, 3.63) is 29.8 Å². The van der Waals surface area contributed by atoms with Crippen LogP contribution >= 0.6 is 0 Å². The fraction of sp³-hybridized carbons (Fsp3) is 0.611. The normalized spacial score (nSPS) is 21.3. The van der Waals surface area contributed by atoms with E-state index < -0.39 is 0 Å². The lowest BCUT2D eigenvalue weighted by Gasteiger charge is -2.37. The van der Waals surface area contributed by atoms with E-state index in [1.54, 1.807) is 0 Å². The molecule has 0 saturated carbocycles. The number of hydrogen-bond acceptors (Lipinski definition) is 3. The number of benzene rings is 1. The van der Waals surface area contributed by atoms with E-state index >= 15 is 0 Å². The average molecular weight is 315 g/mol. The highest BCUT2D eigenvalue weighted by Crippen LogP contribution is 2.27. The van der Waals surface area contributed by atoms with Gasteiger partial charge in [-0.05, 0) is 32.0 Å². The zero-order valence-corrected chi connectivity index (χ0v) is 14.6. The van der Waals surface area contributed by atoms with Crippen LogP contribution in [-0.2, 0) is 6.42 Å². The Morgan fingerprint density at radius 3 is 2.65 bits per heavy atom. The van der Waals surface area contributed by atoms with Crippen molar-refractivity contribution in [2.75, 3.05) is 58.3 Å². The Bertz CT molecular complexity index is 548. The molecule has 2 aliphatic rings. The Morgan fingerprint density at radius 1 is 1.17 bits per heavy atom. The summed E-state index contributed by atoms with van der Waals surface area (Å²) in [6, 6.07) is 9.16. The Morgan fingerprint density at radius 2 is 1.91 bits per heavy atom. The van der Waals surface area contributed by atoms with Crippen molar-refractivity contribution in [3.63, 3.8) is 0 Å². The second kappa shape index (κ2) is 7.32. The van der Waals surface area contributed by atoms with Gasteiger partial charge in [0.2, 0.25) is 0 Å². The van der Waals surface area contributed by atoms with Crippen LogP contribution in [0.15, 0.2) is 29.3 Å². The van der Waals surface area contributed by atoms with Gasteiger partial charge in [0.25, 0.3) is 0 Å². The molecule has 23 heavy (non-hydrogen) atoms. The van der Waals surface area contributed by atoms with Crippen LogP contribution in [-0.4, -0.2) is 75.2 Å². The first kappa shape index (κ1) is 16.3. The Balaban J connectivity index is 1.57. The number of piperazine rings is 1. The molecule has 0 amide bonds. The summed E-state index contributed by atoms with van der Waals surface area (Å²) in [5, 5.41) is 3.58. The number of anilines is 1. The summed E-state index contributed by atoms with van der Waals surface area (Å²) in [5.74, 6) is 0.996. The molecule has 5 nitrogen and oxygen atoms in total. The monoisotopic (exact) mass is 315 g/mol. The lowest BCUT2D eigenvalue weighted by molar-refractivity contribution is 0.120. The van der Waals surface area contributed by atoms with E-state index in [0.29, 0.717) is 6.04 Å². The molecule has 1 fully saturated rings. The molecule has 126 valence electrons. The molecule has 1 N–H and O–H groups in total. The minimum absolute atomic E-state index is 0.526. The third kappa shape index (κ3) is 3.67. The maximum atomic E-state index is 4.50. The van der Waals surface area contributed by atoms with Gasteiger partial charge in [-0.25, -0.2) is 0 Å². The quantitative estimate of drug-likeness (QED) is 0.673. The highest BCUT2D eigenvalue weighted by molar-refractivity contribution is 5.97. The molecular weight excluding hydrogens is 286 g/mol. The summed E-state index contributed by atoms with van der Waals surface area (Å²) >= 11 is 0. The van der Waals surface area contributed by atoms with Crippen LogP contribution in [0.4, 0.5) is 5.69 Å². The van der Waals surface area contributed by atoms with Gasteiger partial charge < -0.3 is 15.1 Å². The lowest BCUT2D eigenvalue weighted by atomic mass is 10.2. The fourth-order valence-electron chi connectivity index (χ4n) is 3.48. The van der Waals surface area contributed by atoms with Crippen LogP contribution in [0.2, 0.25) is 0 Å². The molecule has 0 radical (unpaired) electrons. The van der Waals surface area contributed by atoms with Crippen molar-refractivity contribution >= 4 is 11.6 Å². The molecule has 1 aromatic carbocycles. The van der Waals surface area contributed by atoms with E-state index in [-0.39, 0.29) is 0 Å².